The van der Waals surface area contributed by atoms with E-state index in [0.717, 1.165) is 6.07 Å². The third-order valence-electron chi connectivity index (χ3n) is 5.62. The van der Waals surface area contributed by atoms with Crippen LogP contribution in [0.4, 0.5) is 17.7 Å². The topological polar surface area (TPSA) is 46.5 Å². The normalized spacial score (nSPS) is 12.5. The molecule has 2 aliphatic heterocycles. The maximum atomic E-state index is 15.6. The minimum Gasteiger partial charge on any atom is -0.351 e. The number of hydrogen-bond donors (Lipinski definition) is 1. The Morgan fingerprint density at radius 1 is 0.706 bits per heavy atom. The molecule has 4 aromatic rings. The molecule has 166 valence electrons. The summed E-state index contributed by atoms with van der Waals surface area (Å²) in [7, 11) is 0. The summed E-state index contributed by atoms with van der Waals surface area (Å²) in [5.41, 5.74) is 0.452. The molecule has 8 heteroatoms. The van der Waals surface area contributed by atoms with Crippen molar-refractivity contribution in [2.24, 2.45) is 0 Å². The molecule has 1 aromatic carbocycles. The van der Waals surface area contributed by atoms with Crippen LogP contribution < -0.4 is 0 Å². The highest BCUT2D eigenvalue weighted by molar-refractivity contribution is 5.89. The summed E-state index contributed by atoms with van der Waals surface area (Å²) < 4.78 is 61.3. The van der Waals surface area contributed by atoms with Crippen LogP contribution in [0.2, 0.25) is 0 Å². The van der Waals surface area contributed by atoms with Gasteiger partial charge < -0.3 is 4.98 Å². The molecule has 3 aromatic heterocycles. The van der Waals surface area contributed by atoms with Gasteiger partial charge in [-0.1, -0.05) is 34.8 Å². The Hall–Kier alpha value is -4.46. The number of nitrogens with one attached hydrogen (secondary N) is 1. The number of rotatable bonds is 1. The van der Waals surface area contributed by atoms with Crippen molar-refractivity contribution in [3.05, 3.63) is 94.8 Å². The van der Waals surface area contributed by atoms with E-state index in [9.17, 15) is 4.39 Å². The lowest BCUT2D eigenvalue weighted by Crippen LogP contribution is -1.88. The van der Waals surface area contributed by atoms with Crippen LogP contribution in [0.1, 0.15) is 22.8 Å². The van der Waals surface area contributed by atoms with Gasteiger partial charge in [0.1, 0.15) is 11.0 Å². The molecule has 0 saturated carbocycles. The third-order valence-corrected chi connectivity index (χ3v) is 5.62. The van der Waals surface area contributed by atoms with E-state index in [-0.39, 0.29) is 21.4 Å². The molecule has 0 fully saturated rings. The number of halogens is 4. The van der Waals surface area contributed by atoms with E-state index in [4.69, 9.17) is 0 Å². The van der Waals surface area contributed by atoms with Crippen molar-refractivity contribution in [2.75, 3.05) is 0 Å². The Morgan fingerprint density at radius 3 is 2.00 bits per heavy atom. The number of benzene rings is 1. The first-order valence-electron chi connectivity index (χ1n) is 10.4. The molecule has 0 saturated heterocycles. The molecule has 8 bridgehead atoms. The molecule has 4 nitrogen and oxygen atoms in total. The number of fused-ring (bicyclic) bond motifs is 8. The lowest BCUT2D eigenvalue weighted by molar-refractivity contribution is 0.395. The van der Waals surface area contributed by atoms with Crippen LogP contribution in [0.3, 0.4) is 0 Å². The van der Waals surface area contributed by atoms with Crippen LogP contribution >= 0.6 is 0 Å². The molecule has 0 spiro atoms. The zero-order valence-electron chi connectivity index (χ0n) is 17.4. The Morgan fingerprint density at radius 2 is 1.32 bits per heavy atom. The molecule has 0 aliphatic carbocycles. The second-order valence-corrected chi connectivity index (χ2v) is 7.85. The molecule has 0 unspecified atom stereocenters. The molecule has 5 heterocycles. The summed E-state index contributed by atoms with van der Waals surface area (Å²) in [4.78, 5) is 11.3. The van der Waals surface area contributed by atoms with Gasteiger partial charge >= 0.3 is 0 Å². The molecule has 0 radical (unpaired) electrons. The average Bonchev–Trinajstić information content (AvgIpc) is 3.58. The maximum Gasteiger partial charge on any atom is 0.179 e. The van der Waals surface area contributed by atoms with Gasteiger partial charge in [0.25, 0.3) is 0 Å². The summed E-state index contributed by atoms with van der Waals surface area (Å²) in [6.07, 6.45) is 6.82. The van der Waals surface area contributed by atoms with E-state index in [1.807, 2.05) is 0 Å². The van der Waals surface area contributed by atoms with Crippen molar-refractivity contribution in [3.63, 3.8) is 0 Å². The predicted octanol–water partition coefficient (Wildman–Crippen LogP) is 6.95. The Labute approximate surface area is 190 Å². The molecule has 2 aliphatic rings. The van der Waals surface area contributed by atoms with Crippen molar-refractivity contribution < 1.29 is 17.7 Å². The van der Waals surface area contributed by atoms with Crippen LogP contribution in [-0.4, -0.2) is 19.7 Å². The van der Waals surface area contributed by atoms with Gasteiger partial charge in [0.2, 0.25) is 0 Å². The Balaban J connectivity index is 1.82. The summed E-state index contributed by atoms with van der Waals surface area (Å²) in [6, 6.07) is 13.8. The van der Waals surface area contributed by atoms with E-state index < -0.39 is 28.5 Å². The number of aromatic nitrogens is 4. The summed E-state index contributed by atoms with van der Waals surface area (Å²) in [5.74, 6) is -3.54. The second kappa shape index (κ2) is 7.55. The maximum absolute atomic E-state index is 15.6. The standard InChI is InChI=1S/C26H14F4N4/c27-20-12-19-11-17-7-6-15(31-17)10-16-8-9-18(32-16)13-21-22(14-4-2-1-3-5-14)23(28)26(34(21)30)24(29)25(20)33-19/h1-13,33H. The van der Waals surface area contributed by atoms with Gasteiger partial charge in [-0.2, -0.15) is 4.79 Å². The molecule has 0 atom stereocenters. The minimum absolute atomic E-state index is 0.106. The van der Waals surface area contributed by atoms with Crippen LogP contribution in [0.5, 0.6) is 0 Å². The van der Waals surface area contributed by atoms with Crippen molar-refractivity contribution in [2.45, 2.75) is 0 Å². The van der Waals surface area contributed by atoms with E-state index in [1.165, 1.54) is 12.1 Å². The Bertz CT molecular complexity index is 1700. The first kappa shape index (κ1) is 20.2. The van der Waals surface area contributed by atoms with Gasteiger partial charge in [-0.25, -0.2) is 23.1 Å². The highest BCUT2D eigenvalue weighted by Gasteiger charge is 2.23. The first-order chi connectivity index (χ1) is 16.5. The van der Waals surface area contributed by atoms with Crippen molar-refractivity contribution in [3.8, 4) is 11.1 Å². The Kier molecular flexibility index (Phi) is 4.48. The van der Waals surface area contributed by atoms with Crippen LogP contribution in [0.15, 0.2) is 54.6 Å². The monoisotopic (exact) mass is 458 g/mol. The molecular formula is C26H14F4N4. The average molecular weight is 458 g/mol. The summed E-state index contributed by atoms with van der Waals surface area (Å²) >= 11 is 0. The predicted molar refractivity (Wildman–Crippen MR) is 124 cm³/mol. The minimum atomic E-state index is -1.40. The van der Waals surface area contributed by atoms with Gasteiger partial charge in [-0.15, -0.1) is 0 Å². The van der Waals surface area contributed by atoms with Crippen molar-refractivity contribution in [1.29, 1.82) is 0 Å². The number of nitrogens with zero attached hydrogens (tertiary/aromatic N) is 3. The largest absolute Gasteiger partial charge is 0.351 e. The van der Waals surface area contributed by atoms with Gasteiger partial charge in [0.15, 0.2) is 17.5 Å². The SMILES string of the molecule is Fc1cc2cc3nc(cc4nc(cc5c(-c6ccccc6)c(F)c(c(F)c1[nH]2)n5F)C=C4)C=C3. The molecule has 0 amide bonds. The fourth-order valence-corrected chi connectivity index (χ4v) is 4.09. The summed E-state index contributed by atoms with van der Waals surface area (Å²) in [5, 5.41) is 0. The number of aromatic amines is 1. The molecule has 34 heavy (non-hydrogen) atoms. The van der Waals surface area contributed by atoms with Crippen LogP contribution in [0, 0.1) is 17.5 Å². The van der Waals surface area contributed by atoms with E-state index >= 15 is 13.3 Å². The molecule has 6 rings (SSSR count). The lowest BCUT2D eigenvalue weighted by atomic mass is 10.1. The molecular weight excluding hydrogens is 444 g/mol. The fourth-order valence-electron chi connectivity index (χ4n) is 4.09. The van der Waals surface area contributed by atoms with Crippen molar-refractivity contribution in [1.82, 2.24) is 19.7 Å². The fraction of sp³-hybridized carbons (Fsp3) is 0. The van der Waals surface area contributed by atoms with Crippen molar-refractivity contribution >= 4 is 46.4 Å². The number of H-pyrrole nitrogens is 1. The van der Waals surface area contributed by atoms with Gasteiger partial charge in [-0.05, 0) is 54.1 Å². The van der Waals surface area contributed by atoms with Gasteiger partial charge in [0.05, 0.1) is 28.3 Å². The van der Waals surface area contributed by atoms with Gasteiger partial charge in [-0.3, -0.25) is 0 Å². The second-order valence-electron chi connectivity index (χ2n) is 7.85. The smallest absolute Gasteiger partial charge is 0.179 e. The van der Waals surface area contributed by atoms with E-state index in [0.29, 0.717) is 28.3 Å². The van der Waals surface area contributed by atoms with Gasteiger partial charge in [0, 0.05) is 11.1 Å². The summed E-state index contributed by atoms with van der Waals surface area (Å²) in [6.45, 7) is 0. The highest BCUT2D eigenvalue weighted by atomic mass is 19.2. The third kappa shape index (κ3) is 3.23. The lowest BCUT2D eigenvalue weighted by Gasteiger charge is -1.99. The van der Waals surface area contributed by atoms with Crippen LogP contribution in [0.25, 0.3) is 57.5 Å². The zero-order chi connectivity index (χ0) is 23.4. The van der Waals surface area contributed by atoms with Crippen LogP contribution in [-0.2, 0) is 0 Å². The quantitative estimate of drug-likeness (QED) is 0.271. The first-order valence-corrected chi connectivity index (χ1v) is 10.4. The number of hydrogen-bond acceptors (Lipinski definition) is 2. The van der Waals surface area contributed by atoms with E-state index in [1.54, 1.807) is 60.7 Å². The highest BCUT2D eigenvalue weighted by Crippen LogP contribution is 2.35. The molecule has 1 N–H and O–H groups in total. The zero-order valence-corrected chi connectivity index (χ0v) is 17.4. The van der Waals surface area contributed by atoms with E-state index in [2.05, 4.69) is 15.0 Å².